The van der Waals surface area contributed by atoms with Gasteiger partial charge in [-0.2, -0.15) is 0 Å². The molecule has 2 amide bonds. The molecule has 1 rings (SSSR count). The summed E-state index contributed by atoms with van der Waals surface area (Å²) in [6.45, 7) is 6.50. The number of hydrogen-bond acceptors (Lipinski definition) is 1. The van der Waals surface area contributed by atoms with Crippen LogP contribution in [0, 0.1) is 0 Å². The van der Waals surface area contributed by atoms with Crippen LogP contribution in [0.25, 0.3) is 0 Å². The third-order valence-corrected chi connectivity index (χ3v) is 2.26. The minimum atomic E-state index is -0.347. The maximum absolute atomic E-state index is 11.4. The number of carbonyl (C=O) groups is 1. The van der Waals surface area contributed by atoms with Crippen LogP contribution in [-0.2, 0) is 5.54 Å². The van der Waals surface area contributed by atoms with Crippen LogP contribution < -0.4 is 10.6 Å². The zero-order chi connectivity index (χ0) is 11.3. The molecule has 0 spiro atoms. The molecule has 0 heterocycles. The van der Waals surface area contributed by atoms with E-state index < -0.39 is 0 Å². The molecule has 0 aromatic heterocycles. The van der Waals surface area contributed by atoms with Crippen molar-refractivity contribution in [1.29, 1.82) is 0 Å². The van der Waals surface area contributed by atoms with Crippen LogP contribution in [0.4, 0.5) is 4.79 Å². The van der Waals surface area contributed by atoms with Gasteiger partial charge in [0, 0.05) is 6.54 Å². The van der Waals surface area contributed by atoms with E-state index in [0.29, 0.717) is 6.54 Å². The Bertz CT molecular complexity index is 320. The maximum atomic E-state index is 11.4. The molecule has 0 aliphatic heterocycles. The van der Waals surface area contributed by atoms with Crippen molar-refractivity contribution in [1.82, 2.24) is 10.6 Å². The fourth-order valence-electron chi connectivity index (χ4n) is 1.42. The van der Waals surface area contributed by atoms with Gasteiger partial charge in [0.05, 0.1) is 5.54 Å². The van der Waals surface area contributed by atoms with Crippen molar-refractivity contribution in [3.63, 3.8) is 0 Å². The number of hydrogen-bond donors (Lipinski definition) is 2. The van der Waals surface area contributed by atoms with Crippen LogP contribution in [0.3, 0.4) is 0 Å². The van der Waals surface area contributed by atoms with E-state index >= 15 is 0 Å². The van der Waals surface area contributed by atoms with Gasteiger partial charge >= 0.3 is 6.03 Å². The van der Waals surface area contributed by atoms with E-state index in [1.54, 1.807) is 0 Å². The molecule has 3 nitrogen and oxygen atoms in total. The van der Waals surface area contributed by atoms with E-state index in [1.165, 1.54) is 0 Å². The average Bonchev–Trinajstić information content (AvgIpc) is 2.18. The summed E-state index contributed by atoms with van der Waals surface area (Å²) in [5, 5.41) is 5.64. The molecule has 0 saturated heterocycles. The Labute approximate surface area is 90.9 Å². The van der Waals surface area contributed by atoms with Gasteiger partial charge in [-0.25, -0.2) is 4.79 Å². The Morgan fingerprint density at radius 1 is 1.27 bits per heavy atom. The predicted octanol–water partition coefficient (Wildman–Crippen LogP) is 2.24. The molecule has 82 valence electrons. The lowest BCUT2D eigenvalue weighted by atomic mass is 9.95. The van der Waals surface area contributed by atoms with Gasteiger partial charge in [0.15, 0.2) is 0 Å². The fraction of sp³-hybridized carbons (Fsp3) is 0.417. The summed E-state index contributed by atoms with van der Waals surface area (Å²) in [5.41, 5.74) is 0.747. The Morgan fingerprint density at radius 2 is 1.87 bits per heavy atom. The fourth-order valence-corrected chi connectivity index (χ4v) is 1.42. The Hall–Kier alpha value is -1.51. The molecule has 0 unspecified atom stereocenters. The molecule has 3 heteroatoms. The van der Waals surface area contributed by atoms with Crippen LogP contribution >= 0.6 is 0 Å². The summed E-state index contributed by atoms with van der Waals surface area (Å²) in [7, 11) is 0. The molecule has 0 fully saturated rings. The number of benzene rings is 1. The first-order valence-corrected chi connectivity index (χ1v) is 5.18. The summed E-state index contributed by atoms with van der Waals surface area (Å²) in [5.74, 6) is 0. The third-order valence-electron chi connectivity index (χ3n) is 2.26. The van der Waals surface area contributed by atoms with E-state index in [9.17, 15) is 4.79 Å². The highest BCUT2D eigenvalue weighted by Crippen LogP contribution is 2.18. The molecule has 0 radical (unpaired) electrons. The second-order valence-electron chi connectivity index (χ2n) is 3.98. The van der Waals surface area contributed by atoms with Gasteiger partial charge in [0.1, 0.15) is 0 Å². The van der Waals surface area contributed by atoms with Gasteiger partial charge < -0.3 is 10.6 Å². The van der Waals surface area contributed by atoms with Crippen molar-refractivity contribution in [2.45, 2.75) is 26.3 Å². The highest BCUT2D eigenvalue weighted by Gasteiger charge is 2.21. The van der Waals surface area contributed by atoms with E-state index in [0.717, 1.165) is 5.56 Å². The van der Waals surface area contributed by atoms with E-state index in [1.807, 2.05) is 51.1 Å². The Morgan fingerprint density at radius 3 is 2.40 bits per heavy atom. The lowest BCUT2D eigenvalue weighted by Gasteiger charge is -2.26. The van der Waals surface area contributed by atoms with E-state index in [-0.39, 0.29) is 11.6 Å². The second-order valence-corrected chi connectivity index (χ2v) is 3.98. The minimum absolute atomic E-state index is 0.133. The van der Waals surface area contributed by atoms with E-state index in [2.05, 4.69) is 10.6 Å². The van der Waals surface area contributed by atoms with Crippen LogP contribution in [0.15, 0.2) is 30.3 Å². The number of nitrogens with one attached hydrogen (secondary N) is 2. The molecule has 0 bridgehead atoms. The van der Waals surface area contributed by atoms with Gasteiger partial charge in [-0.05, 0) is 26.3 Å². The van der Waals surface area contributed by atoms with Crippen molar-refractivity contribution in [2.24, 2.45) is 0 Å². The lowest BCUT2D eigenvalue weighted by molar-refractivity contribution is 0.230. The monoisotopic (exact) mass is 206 g/mol. The van der Waals surface area contributed by atoms with Gasteiger partial charge in [-0.1, -0.05) is 30.3 Å². The van der Waals surface area contributed by atoms with Crippen molar-refractivity contribution < 1.29 is 4.79 Å². The normalized spacial score (nSPS) is 10.9. The van der Waals surface area contributed by atoms with Crippen LogP contribution in [0.1, 0.15) is 26.3 Å². The van der Waals surface area contributed by atoms with Crippen LogP contribution in [0.5, 0.6) is 0 Å². The quantitative estimate of drug-likeness (QED) is 0.782. The molecule has 0 saturated carbocycles. The van der Waals surface area contributed by atoms with Crippen LogP contribution in [0.2, 0.25) is 0 Å². The molecule has 15 heavy (non-hydrogen) atoms. The van der Waals surface area contributed by atoms with Crippen molar-refractivity contribution in [3.05, 3.63) is 35.9 Å². The largest absolute Gasteiger partial charge is 0.338 e. The number of carbonyl (C=O) groups excluding carboxylic acids is 1. The maximum Gasteiger partial charge on any atom is 0.315 e. The first-order chi connectivity index (χ1) is 7.06. The molecule has 0 atom stereocenters. The van der Waals surface area contributed by atoms with Crippen molar-refractivity contribution >= 4 is 6.03 Å². The Kier molecular flexibility index (Phi) is 3.72. The van der Waals surface area contributed by atoms with Crippen LogP contribution in [-0.4, -0.2) is 12.6 Å². The molecular weight excluding hydrogens is 188 g/mol. The topological polar surface area (TPSA) is 41.1 Å². The molecule has 0 aliphatic carbocycles. The SMILES string of the molecule is CCNC(=O)NC(C)(C)c1ccccc1. The highest BCUT2D eigenvalue weighted by atomic mass is 16.2. The number of rotatable bonds is 3. The lowest BCUT2D eigenvalue weighted by Crippen LogP contribution is -2.46. The predicted molar refractivity (Wildman–Crippen MR) is 61.7 cm³/mol. The average molecular weight is 206 g/mol. The van der Waals surface area contributed by atoms with Crippen molar-refractivity contribution in [3.8, 4) is 0 Å². The zero-order valence-corrected chi connectivity index (χ0v) is 9.50. The minimum Gasteiger partial charge on any atom is -0.338 e. The third kappa shape index (κ3) is 3.27. The molecule has 2 N–H and O–H groups in total. The number of amides is 2. The number of urea groups is 1. The van der Waals surface area contributed by atoms with Gasteiger partial charge in [0.25, 0.3) is 0 Å². The summed E-state index contributed by atoms with van der Waals surface area (Å²) in [6.07, 6.45) is 0. The summed E-state index contributed by atoms with van der Waals surface area (Å²) >= 11 is 0. The summed E-state index contributed by atoms with van der Waals surface area (Å²) < 4.78 is 0. The van der Waals surface area contributed by atoms with Gasteiger partial charge in [-0.3, -0.25) is 0 Å². The first-order valence-electron chi connectivity index (χ1n) is 5.18. The zero-order valence-electron chi connectivity index (χ0n) is 9.50. The summed E-state index contributed by atoms with van der Waals surface area (Å²) in [6, 6.07) is 9.78. The van der Waals surface area contributed by atoms with Gasteiger partial charge in [0.2, 0.25) is 0 Å². The van der Waals surface area contributed by atoms with E-state index in [4.69, 9.17) is 0 Å². The molecule has 0 aliphatic rings. The molecule has 1 aromatic rings. The smallest absolute Gasteiger partial charge is 0.315 e. The first kappa shape index (κ1) is 11.6. The van der Waals surface area contributed by atoms with Gasteiger partial charge in [-0.15, -0.1) is 0 Å². The summed E-state index contributed by atoms with van der Waals surface area (Å²) in [4.78, 5) is 11.4. The van der Waals surface area contributed by atoms with Crippen molar-refractivity contribution in [2.75, 3.05) is 6.54 Å². The Balaban J connectivity index is 2.71. The molecule has 1 aromatic carbocycles. The highest BCUT2D eigenvalue weighted by molar-refractivity contribution is 5.74. The standard InChI is InChI=1S/C12H18N2O/c1-4-13-11(15)14-12(2,3)10-8-6-5-7-9-10/h5-9H,4H2,1-3H3,(H2,13,14,15). The molecular formula is C12H18N2O. The second kappa shape index (κ2) is 4.82.